The van der Waals surface area contributed by atoms with Crippen molar-refractivity contribution in [2.24, 2.45) is 7.05 Å². The van der Waals surface area contributed by atoms with Crippen molar-refractivity contribution in [3.05, 3.63) is 47.8 Å². The fourth-order valence-corrected chi connectivity index (χ4v) is 3.27. The average Bonchev–Trinajstić information content (AvgIpc) is 3.27. The summed E-state index contributed by atoms with van der Waals surface area (Å²) < 4.78 is 7.83. The summed E-state index contributed by atoms with van der Waals surface area (Å²) in [5.41, 5.74) is 1.85. The molecule has 1 unspecified atom stereocenters. The number of benzene rings is 1. The third-order valence-corrected chi connectivity index (χ3v) is 4.63. The maximum atomic E-state index is 12.6. The zero-order valence-corrected chi connectivity index (χ0v) is 14.9. The summed E-state index contributed by atoms with van der Waals surface area (Å²) in [6, 6.07) is 7.51. The standard InChI is InChI=1S/C19H26N4O2/c1-20-18(15-12-22-23(2)13-15)19(24)21-11-14-7-3-6-10-17(14)25-16-8-4-5-9-16/h3,6-7,10,12-13,16,18,20H,4-5,8-9,11H2,1-2H3,(H,21,24). The van der Waals surface area contributed by atoms with Crippen LogP contribution in [0.25, 0.3) is 0 Å². The molecule has 1 atom stereocenters. The van der Waals surface area contributed by atoms with Crippen molar-refractivity contribution in [1.29, 1.82) is 0 Å². The summed E-state index contributed by atoms with van der Waals surface area (Å²) >= 11 is 0. The van der Waals surface area contributed by atoms with E-state index in [0.717, 1.165) is 29.7 Å². The molecule has 1 saturated carbocycles. The van der Waals surface area contributed by atoms with Crippen molar-refractivity contribution in [2.45, 2.75) is 44.4 Å². The van der Waals surface area contributed by atoms with Crippen LogP contribution in [0.4, 0.5) is 0 Å². The number of ether oxygens (including phenoxy) is 1. The lowest BCUT2D eigenvalue weighted by molar-refractivity contribution is -0.123. The Bertz CT molecular complexity index is 707. The number of carbonyl (C=O) groups is 1. The Hall–Kier alpha value is -2.34. The van der Waals surface area contributed by atoms with E-state index in [-0.39, 0.29) is 5.91 Å². The molecule has 0 saturated heterocycles. The van der Waals surface area contributed by atoms with E-state index in [1.165, 1.54) is 12.8 Å². The second-order valence-electron chi connectivity index (χ2n) is 6.52. The predicted molar refractivity (Wildman–Crippen MR) is 96.2 cm³/mol. The molecule has 1 aliphatic rings. The second kappa shape index (κ2) is 8.16. The summed E-state index contributed by atoms with van der Waals surface area (Å²) in [5.74, 6) is 0.795. The van der Waals surface area contributed by atoms with E-state index in [4.69, 9.17) is 4.74 Å². The summed E-state index contributed by atoms with van der Waals surface area (Å²) in [4.78, 5) is 12.6. The molecular weight excluding hydrogens is 316 g/mol. The molecule has 1 aromatic heterocycles. The van der Waals surface area contributed by atoms with E-state index in [9.17, 15) is 4.79 Å². The van der Waals surface area contributed by atoms with Gasteiger partial charge in [-0.05, 0) is 38.8 Å². The van der Waals surface area contributed by atoms with Crippen molar-refractivity contribution >= 4 is 5.91 Å². The normalized spacial score (nSPS) is 15.9. The molecule has 6 nitrogen and oxygen atoms in total. The summed E-state index contributed by atoms with van der Waals surface area (Å²) in [6.45, 7) is 0.445. The Balaban J connectivity index is 1.63. The number of hydrogen-bond acceptors (Lipinski definition) is 4. The number of nitrogens with zero attached hydrogens (tertiary/aromatic N) is 2. The van der Waals surface area contributed by atoms with Gasteiger partial charge in [-0.25, -0.2) is 0 Å². The third kappa shape index (κ3) is 4.39. The molecule has 25 heavy (non-hydrogen) atoms. The number of likely N-dealkylation sites (N-methyl/N-ethyl adjacent to an activating group) is 1. The van der Waals surface area contributed by atoms with E-state index >= 15 is 0 Å². The van der Waals surface area contributed by atoms with Crippen LogP contribution in [0, 0.1) is 0 Å². The van der Waals surface area contributed by atoms with E-state index in [2.05, 4.69) is 15.7 Å². The van der Waals surface area contributed by atoms with Gasteiger partial charge in [0.1, 0.15) is 11.8 Å². The summed E-state index contributed by atoms with van der Waals surface area (Å²) in [7, 11) is 3.61. The van der Waals surface area contributed by atoms with Crippen LogP contribution in [0.3, 0.4) is 0 Å². The van der Waals surface area contributed by atoms with Crippen molar-refractivity contribution in [3.8, 4) is 5.75 Å². The molecular formula is C19H26N4O2. The summed E-state index contributed by atoms with van der Waals surface area (Å²) in [5, 5.41) is 10.2. The topological polar surface area (TPSA) is 68.2 Å². The number of nitrogens with one attached hydrogen (secondary N) is 2. The van der Waals surface area contributed by atoms with E-state index < -0.39 is 6.04 Å². The van der Waals surface area contributed by atoms with E-state index in [1.54, 1.807) is 17.9 Å². The van der Waals surface area contributed by atoms with Crippen molar-refractivity contribution in [2.75, 3.05) is 7.05 Å². The lowest BCUT2D eigenvalue weighted by Crippen LogP contribution is -2.35. The molecule has 134 valence electrons. The van der Waals surface area contributed by atoms with Gasteiger partial charge >= 0.3 is 0 Å². The fraction of sp³-hybridized carbons (Fsp3) is 0.474. The van der Waals surface area contributed by atoms with Gasteiger partial charge in [-0.2, -0.15) is 5.10 Å². The van der Waals surface area contributed by atoms with Gasteiger partial charge in [0.15, 0.2) is 0 Å². The molecule has 1 heterocycles. The molecule has 1 fully saturated rings. The Morgan fingerprint density at radius 3 is 2.80 bits per heavy atom. The quantitative estimate of drug-likeness (QED) is 0.810. The first-order chi connectivity index (χ1) is 12.2. The first kappa shape index (κ1) is 17.5. The minimum atomic E-state index is -0.420. The third-order valence-electron chi connectivity index (χ3n) is 4.63. The van der Waals surface area contributed by atoms with Crippen LogP contribution < -0.4 is 15.4 Å². The predicted octanol–water partition coefficient (Wildman–Crippen LogP) is 2.32. The van der Waals surface area contributed by atoms with Crippen molar-refractivity contribution in [1.82, 2.24) is 20.4 Å². The number of aromatic nitrogens is 2. The summed E-state index contributed by atoms with van der Waals surface area (Å²) in [6.07, 6.45) is 8.55. The first-order valence-electron chi connectivity index (χ1n) is 8.85. The molecule has 3 rings (SSSR count). The highest BCUT2D eigenvalue weighted by Crippen LogP contribution is 2.26. The number of carbonyl (C=O) groups excluding carboxylic acids is 1. The zero-order chi connectivity index (χ0) is 17.6. The van der Waals surface area contributed by atoms with Gasteiger partial charge in [-0.3, -0.25) is 9.48 Å². The molecule has 1 aromatic carbocycles. The van der Waals surface area contributed by atoms with Crippen LogP contribution in [-0.4, -0.2) is 28.8 Å². The minimum absolute atomic E-state index is 0.0776. The molecule has 0 aliphatic heterocycles. The minimum Gasteiger partial charge on any atom is -0.490 e. The van der Waals surface area contributed by atoms with Crippen LogP contribution in [-0.2, 0) is 18.4 Å². The van der Waals surface area contributed by atoms with Crippen LogP contribution in [0.2, 0.25) is 0 Å². The Kier molecular flexibility index (Phi) is 5.71. The van der Waals surface area contributed by atoms with Gasteiger partial charge in [-0.15, -0.1) is 0 Å². The molecule has 0 spiro atoms. The van der Waals surface area contributed by atoms with Crippen molar-refractivity contribution in [3.63, 3.8) is 0 Å². The van der Waals surface area contributed by atoms with Crippen molar-refractivity contribution < 1.29 is 9.53 Å². The fourth-order valence-electron chi connectivity index (χ4n) is 3.27. The molecule has 1 aliphatic carbocycles. The highest BCUT2D eigenvalue weighted by molar-refractivity contribution is 5.83. The van der Waals surface area contributed by atoms with E-state index in [0.29, 0.717) is 12.6 Å². The number of rotatable bonds is 7. The number of hydrogen-bond donors (Lipinski definition) is 2. The maximum absolute atomic E-state index is 12.6. The van der Waals surface area contributed by atoms with E-state index in [1.807, 2.05) is 37.5 Å². The van der Waals surface area contributed by atoms with Crippen LogP contribution >= 0.6 is 0 Å². The maximum Gasteiger partial charge on any atom is 0.242 e. The average molecular weight is 342 g/mol. The second-order valence-corrected chi connectivity index (χ2v) is 6.52. The number of para-hydroxylation sites is 1. The van der Waals surface area contributed by atoms with Gasteiger partial charge in [0.2, 0.25) is 5.91 Å². The molecule has 6 heteroatoms. The van der Waals surface area contributed by atoms with Crippen LogP contribution in [0.5, 0.6) is 5.75 Å². The SMILES string of the molecule is CNC(C(=O)NCc1ccccc1OC1CCCC1)c1cnn(C)c1. The van der Waals surface area contributed by atoms with Gasteiger partial charge in [-0.1, -0.05) is 18.2 Å². The van der Waals surface area contributed by atoms with Crippen LogP contribution in [0.15, 0.2) is 36.7 Å². The number of aryl methyl sites for hydroxylation is 1. The van der Waals surface area contributed by atoms with Gasteiger partial charge < -0.3 is 15.4 Å². The van der Waals surface area contributed by atoms with Gasteiger partial charge in [0.25, 0.3) is 0 Å². The highest BCUT2D eigenvalue weighted by atomic mass is 16.5. The number of amides is 1. The lowest BCUT2D eigenvalue weighted by atomic mass is 10.1. The smallest absolute Gasteiger partial charge is 0.242 e. The zero-order valence-electron chi connectivity index (χ0n) is 14.9. The highest BCUT2D eigenvalue weighted by Gasteiger charge is 2.21. The van der Waals surface area contributed by atoms with Gasteiger partial charge in [0.05, 0.1) is 12.3 Å². The largest absolute Gasteiger partial charge is 0.490 e. The Morgan fingerprint density at radius 2 is 2.12 bits per heavy atom. The molecule has 0 radical (unpaired) electrons. The molecule has 0 bridgehead atoms. The van der Waals surface area contributed by atoms with Crippen LogP contribution in [0.1, 0.15) is 42.9 Å². The molecule has 2 aromatic rings. The Morgan fingerprint density at radius 1 is 1.36 bits per heavy atom. The monoisotopic (exact) mass is 342 g/mol. The Labute approximate surface area is 148 Å². The van der Waals surface area contributed by atoms with Gasteiger partial charge in [0, 0.05) is 30.9 Å². The lowest BCUT2D eigenvalue weighted by Gasteiger charge is -2.18. The first-order valence-corrected chi connectivity index (χ1v) is 8.85. The molecule has 2 N–H and O–H groups in total. The molecule has 1 amide bonds.